The monoisotopic (exact) mass is 463 g/mol. The van der Waals surface area contributed by atoms with E-state index in [1.807, 2.05) is 0 Å². The Balaban J connectivity index is 1.65. The predicted molar refractivity (Wildman–Crippen MR) is 111 cm³/mol. The van der Waals surface area contributed by atoms with Crippen molar-refractivity contribution in [2.24, 2.45) is 5.92 Å². The highest BCUT2D eigenvalue weighted by molar-refractivity contribution is 7.89. The molecule has 0 aliphatic rings. The van der Waals surface area contributed by atoms with Crippen molar-refractivity contribution in [1.29, 1.82) is 0 Å². The summed E-state index contributed by atoms with van der Waals surface area (Å²) >= 11 is 0. The summed E-state index contributed by atoms with van der Waals surface area (Å²) in [7, 11) is -2.51. The van der Waals surface area contributed by atoms with Crippen LogP contribution in [0.5, 0.6) is 5.75 Å². The molecule has 32 heavy (non-hydrogen) atoms. The van der Waals surface area contributed by atoms with Gasteiger partial charge < -0.3 is 14.0 Å². The van der Waals surface area contributed by atoms with Crippen LogP contribution >= 0.6 is 0 Å². The summed E-state index contributed by atoms with van der Waals surface area (Å²) in [6, 6.07) is 10.1. The molecule has 2 aromatic carbocycles. The zero-order valence-corrected chi connectivity index (χ0v) is 18.4. The summed E-state index contributed by atoms with van der Waals surface area (Å²) in [5.74, 6) is -0.862. The number of nitrogens with zero attached hydrogens (tertiary/aromatic N) is 2. The third kappa shape index (κ3) is 5.68. The van der Waals surface area contributed by atoms with E-state index in [1.54, 1.807) is 13.8 Å². The first-order valence-electron chi connectivity index (χ1n) is 9.61. The molecule has 1 heterocycles. The SMILES string of the molecule is COc1ccc(S(=O)(=O)N[C@H](C(=O)OCc2noc(-c3ccc(F)cc3)n2)C(C)C)cc1. The number of carbonyl (C=O) groups is 1. The van der Waals surface area contributed by atoms with Gasteiger partial charge in [-0.1, -0.05) is 19.0 Å². The maximum Gasteiger partial charge on any atom is 0.324 e. The molecule has 1 atom stereocenters. The van der Waals surface area contributed by atoms with Crippen LogP contribution in [0.25, 0.3) is 11.5 Å². The van der Waals surface area contributed by atoms with Gasteiger partial charge in [-0.15, -0.1) is 0 Å². The minimum Gasteiger partial charge on any atom is -0.497 e. The first kappa shape index (κ1) is 23.4. The lowest BCUT2D eigenvalue weighted by atomic mass is 10.1. The number of benzene rings is 2. The van der Waals surface area contributed by atoms with Crippen molar-refractivity contribution in [1.82, 2.24) is 14.9 Å². The van der Waals surface area contributed by atoms with E-state index in [-0.39, 0.29) is 23.2 Å². The maximum absolute atomic E-state index is 13.0. The molecule has 0 fully saturated rings. The first-order chi connectivity index (χ1) is 15.2. The van der Waals surface area contributed by atoms with Crippen molar-refractivity contribution in [3.8, 4) is 17.2 Å². The lowest BCUT2D eigenvalue weighted by molar-refractivity contribution is -0.148. The Morgan fingerprint density at radius 1 is 1.12 bits per heavy atom. The normalized spacial score (nSPS) is 12.5. The molecule has 0 aliphatic heterocycles. The molecule has 0 saturated carbocycles. The summed E-state index contributed by atoms with van der Waals surface area (Å²) in [5, 5.41) is 3.72. The number of sulfonamides is 1. The van der Waals surface area contributed by atoms with E-state index < -0.39 is 33.8 Å². The Kier molecular flexibility index (Phi) is 7.21. The van der Waals surface area contributed by atoms with Crippen LogP contribution in [-0.4, -0.2) is 37.7 Å². The first-order valence-corrected chi connectivity index (χ1v) is 11.1. The third-order valence-corrected chi connectivity index (χ3v) is 5.93. The molecule has 170 valence electrons. The molecular weight excluding hydrogens is 441 g/mol. The van der Waals surface area contributed by atoms with Gasteiger partial charge in [0.15, 0.2) is 6.61 Å². The third-order valence-electron chi connectivity index (χ3n) is 4.48. The van der Waals surface area contributed by atoms with Crippen molar-refractivity contribution in [2.45, 2.75) is 31.4 Å². The van der Waals surface area contributed by atoms with Crippen LogP contribution in [0.2, 0.25) is 0 Å². The van der Waals surface area contributed by atoms with Crippen LogP contribution in [0.4, 0.5) is 4.39 Å². The van der Waals surface area contributed by atoms with Crippen molar-refractivity contribution in [3.63, 3.8) is 0 Å². The second-order valence-electron chi connectivity index (χ2n) is 7.15. The fourth-order valence-electron chi connectivity index (χ4n) is 2.69. The van der Waals surface area contributed by atoms with E-state index in [0.29, 0.717) is 11.3 Å². The second-order valence-corrected chi connectivity index (χ2v) is 8.86. The topological polar surface area (TPSA) is 121 Å². The molecular formula is C21H22FN3O6S. The molecule has 1 N–H and O–H groups in total. The fraction of sp³-hybridized carbons (Fsp3) is 0.286. The molecule has 0 aliphatic carbocycles. The molecule has 0 radical (unpaired) electrons. The van der Waals surface area contributed by atoms with Crippen molar-refractivity contribution in [3.05, 3.63) is 60.2 Å². The zero-order valence-electron chi connectivity index (χ0n) is 17.6. The van der Waals surface area contributed by atoms with Crippen LogP contribution in [0.15, 0.2) is 57.9 Å². The molecule has 0 unspecified atom stereocenters. The number of hydrogen-bond acceptors (Lipinski definition) is 8. The summed E-state index contributed by atoms with van der Waals surface area (Å²) in [4.78, 5) is 16.7. The van der Waals surface area contributed by atoms with E-state index in [4.69, 9.17) is 14.0 Å². The fourth-order valence-corrected chi connectivity index (χ4v) is 4.03. The van der Waals surface area contributed by atoms with Gasteiger partial charge in [-0.2, -0.15) is 9.71 Å². The number of esters is 1. The molecule has 0 spiro atoms. The highest BCUT2D eigenvalue weighted by atomic mass is 32.2. The standard InChI is InChI=1S/C21H22FN3O6S/c1-13(2)19(25-32(27,28)17-10-8-16(29-3)9-11-17)21(26)30-12-18-23-20(31-24-18)14-4-6-15(22)7-5-14/h4-11,13,19,25H,12H2,1-3H3/t19-/m0/s1. The Bertz CT molecular complexity index is 1160. The van der Waals surface area contributed by atoms with Gasteiger partial charge in [0.25, 0.3) is 5.89 Å². The molecule has 3 rings (SSSR count). The van der Waals surface area contributed by atoms with Crippen LogP contribution in [0.3, 0.4) is 0 Å². The van der Waals surface area contributed by atoms with Gasteiger partial charge in [0, 0.05) is 5.56 Å². The van der Waals surface area contributed by atoms with Gasteiger partial charge in [0.2, 0.25) is 15.8 Å². The van der Waals surface area contributed by atoms with Crippen molar-refractivity contribution < 1.29 is 31.6 Å². The number of rotatable bonds is 9. The van der Waals surface area contributed by atoms with Crippen LogP contribution < -0.4 is 9.46 Å². The Labute approximate surface area is 184 Å². The molecule has 0 amide bonds. The van der Waals surface area contributed by atoms with Gasteiger partial charge in [-0.05, 0) is 54.4 Å². The van der Waals surface area contributed by atoms with Gasteiger partial charge in [0.1, 0.15) is 17.6 Å². The van der Waals surface area contributed by atoms with Crippen molar-refractivity contribution >= 4 is 16.0 Å². The van der Waals surface area contributed by atoms with E-state index in [9.17, 15) is 17.6 Å². The van der Waals surface area contributed by atoms with E-state index in [2.05, 4.69) is 14.9 Å². The Hall–Kier alpha value is -3.31. The minimum absolute atomic E-state index is 0.0149. The summed E-state index contributed by atoms with van der Waals surface area (Å²) in [6.07, 6.45) is 0. The molecule has 0 saturated heterocycles. The number of halogens is 1. The van der Waals surface area contributed by atoms with Gasteiger partial charge >= 0.3 is 5.97 Å². The van der Waals surface area contributed by atoms with E-state index in [0.717, 1.165) is 0 Å². The summed E-state index contributed by atoms with van der Waals surface area (Å²) in [6.45, 7) is 3.05. The van der Waals surface area contributed by atoms with Gasteiger partial charge in [-0.25, -0.2) is 12.8 Å². The largest absolute Gasteiger partial charge is 0.497 e. The minimum atomic E-state index is -3.98. The van der Waals surface area contributed by atoms with E-state index >= 15 is 0 Å². The second kappa shape index (κ2) is 9.88. The number of nitrogens with one attached hydrogen (secondary N) is 1. The Morgan fingerprint density at radius 2 is 1.78 bits per heavy atom. The number of ether oxygens (including phenoxy) is 2. The highest BCUT2D eigenvalue weighted by Gasteiger charge is 2.30. The summed E-state index contributed by atoms with van der Waals surface area (Å²) < 4.78 is 56.1. The van der Waals surface area contributed by atoms with Crippen LogP contribution in [0, 0.1) is 11.7 Å². The lowest BCUT2D eigenvalue weighted by Crippen LogP contribution is -2.45. The Morgan fingerprint density at radius 3 is 2.38 bits per heavy atom. The van der Waals surface area contributed by atoms with Crippen LogP contribution in [0.1, 0.15) is 19.7 Å². The smallest absolute Gasteiger partial charge is 0.324 e. The average molecular weight is 463 g/mol. The highest BCUT2D eigenvalue weighted by Crippen LogP contribution is 2.19. The molecule has 0 bridgehead atoms. The summed E-state index contributed by atoms with van der Waals surface area (Å²) in [5.41, 5.74) is 0.504. The van der Waals surface area contributed by atoms with Crippen molar-refractivity contribution in [2.75, 3.05) is 7.11 Å². The molecule has 11 heteroatoms. The van der Waals surface area contributed by atoms with Crippen LogP contribution in [-0.2, 0) is 26.2 Å². The van der Waals surface area contributed by atoms with E-state index in [1.165, 1.54) is 55.6 Å². The maximum atomic E-state index is 13.0. The van der Waals surface area contributed by atoms with Gasteiger partial charge in [-0.3, -0.25) is 4.79 Å². The number of methoxy groups -OCH3 is 1. The average Bonchev–Trinajstić information content (AvgIpc) is 3.25. The predicted octanol–water partition coefficient (Wildman–Crippen LogP) is 2.93. The lowest BCUT2D eigenvalue weighted by Gasteiger charge is -2.20. The number of carbonyl (C=O) groups excluding carboxylic acids is 1. The molecule has 9 nitrogen and oxygen atoms in total. The van der Waals surface area contributed by atoms with Gasteiger partial charge in [0.05, 0.1) is 12.0 Å². The molecule has 1 aromatic heterocycles. The zero-order chi connectivity index (χ0) is 23.3. The molecule has 3 aromatic rings. The quantitative estimate of drug-likeness (QED) is 0.481. The number of aromatic nitrogens is 2. The number of hydrogen-bond donors (Lipinski definition) is 1.